The number of hydrogen-bond donors (Lipinski definition) is 0. The van der Waals surface area contributed by atoms with Gasteiger partial charge in [-0.1, -0.05) is 6.07 Å². The third kappa shape index (κ3) is 3.61. The predicted octanol–water partition coefficient (Wildman–Crippen LogP) is 1.61. The molecule has 1 aromatic rings. The highest BCUT2D eigenvalue weighted by molar-refractivity contribution is 5.75. The van der Waals surface area contributed by atoms with Crippen LogP contribution in [0.1, 0.15) is 31.2 Å². The van der Waals surface area contributed by atoms with Crippen molar-refractivity contribution in [3.63, 3.8) is 0 Å². The second-order valence-electron chi connectivity index (χ2n) is 7.09. The predicted molar refractivity (Wildman–Crippen MR) is 87.8 cm³/mol. The first-order valence-corrected chi connectivity index (χ1v) is 8.98. The molecular formula is C18H25N3O3. The lowest BCUT2D eigenvalue weighted by Gasteiger charge is -2.27. The summed E-state index contributed by atoms with van der Waals surface area (Å²) >= 11 is 0. The fourth-order valence-electron chi connectivity index (χ4n) is 4.05. The SMILES string of the molecule is O=C(C[C@H]1C[C@H]2CN(Cc3cccnc3)C[C@H]2O1)N1CCCCO1. The van der Waals surface area contributed by atoms with Crippen LogP contribution in [0.25, 0.3) is 0 Å². The Kier molecular flexibility index (Phi) is 4.78. The Hall–Kier alpha value is -1.50. The molecule has 3 aliphatic rings. The molecule has 1 aromatic heterocycles. The van der Waals surface area contributed by atoms with Gasteiger partial charge in [0.2, 0.25) is 5.91 Å². The molecule has 6 heteroatoms. The molecule has 0 bridgehead atoms. The molecule has 0 aliphatic carbocycles. The Morgan fingerprint density at radius 1 is 1.33 bits per heavy atom. The second kappa shape index (κ2) is 7.17. The monoisotopic (exact) mass is 331 g/mol. The van der Waals surface area contributed by atoms with Crippen molar-refractivity contribution in [1.29, 1.82) is 0 Å². The molecule has 3 fully saturated rings. The molecule has 3 aliphatic heterocycles. The molecule has 130 valence electrons. The standard InChI is InChI=1S/C18H25N3O3/c22-18(21-6-1-2-7-23-21)9-16-8-15-12-20(13-17(15)24-16)11-14-4-3-5-19-10-14/h3-5,10,15-17H,1-2,6-9,11-13H2/t15-,16+,17+/m0/s1. The van der Waals surface area contributed by atoms with Crippen LogP contribution in [0.15, 0.2) is 24.5 Å². The Balaban J connectivity index is 1.24. The summed E-state index contributed by atoms with van der Waals surface area (Å²) in [6.07, 6.45) is 7.56. The molecule has 0 aromatic carbocycles. The number of carbonyl (C=O) groups is 1. The summed E-state index contributed by atoms with van der Waals surface area (Å²) in [7, 11) is 0. The van der Waals surface area contributed by atoms with Crippen LogP contribution in [-0.2, 0) is 20.9 Å². The van der Waals surface area contributed by atoms with Gasteiger partial charge in [-0.2, -0.15) is 0 Å². The van der Waals surface area contributed by atoms with Gasteiger partial charge in [0.15, 0.2) is 0 Å². The summed E-state index contributed by atoms with van der Waals surface area (Å²) in [4.78, 5) is 24.3. The van der Waals surface area contributed by atoms with E-state index in [0.717, 1.165) is 45.4 Å². The summed E-state index contributed by atoms with van der Waals surface area (Å²) in [6.45, 7) is 4.30. The topological polar surface area (TPSA) is 54.9 Å². The van der Waals surface area contributed by atoms with E-state index in [1.165, 1.54) is 10.6 Å². The maximum atomic E-state index is 12.3. The lowest BCUT2D eigenvalue weighted by Crippen LogP contribution is -2.37. The normalized spacial score (nSPS) is 30.5. The third-order valence-electron chi connectivity index (χ3n) is 5.20. The number of aromatic nitrogens is 1. The summed E-state index contributed by atoms with van der Waals surface area (Å²) < 4.78 is 6.15. The van der Waals surface area contributed by atoms with Crippen LogP contribution in [0.2, 0.25) is 0 Å². The van der Waals surface area contributed by atoms with Crippen LogP contribution >= 0.6 is 0 Å². The van der Waals surface area contributed by atoms with E-state index in [9.17, 15) is 4.79 Å². The number of hydroxylamine groups is 2. The van der Waals surface area contributed by atoms with Crippen LogP contribution in [0, 0.1) is 5.92 Å². The number of ether oxygens (including phenoxy) is 1. The highest BCUT2D eigenvalue weighted by atomic mass is 16.7. The summed E-state index contributed by atoms with van der Waals surface area (Å²) in [5.41, 5.74) is 1.24. The lowest BCUT2D eigenvalue weighted by atomic mass is 10.0. The number of nitrogens with zero attached hydrogens (tertiary/aromatic N) is 3. The van der Waals surface area contributed by atoms with E-state index in [1.807, 2.05) is 12.3 Å². The summed E-state index contributed by atoms with van der Waals surface area (Å²) in [5.74, 6) is 0.619. The van der Waals surface area contributed by atoms with Crippen molar-refractivity contribution in [1.82, 2.24) is 14.9 Å². The van der Waals surface area contributed by atoms with Crippen molar-refractivity contribution in [2.45, 2.75) is 44.4 Å². The average Bonchev–Trinajstić information content (AvgIpc) is 3.14. The van der Waals surface area contributed by atoms with Gasteiger partial charge in [-0.05, 0) is 30.9 Å². The van der Waals surface area contributed by atoms with Crippen LogP contribution in [0.3, 0.4) is 0 Å². The van der Waals surface area contributed by atoms with Gasteiger partial charge in [0.05, 0.1) is 25.2 Å². The van der Waals surface area contributed by atoms with E-state index in [2.05, 4.69) is 16.0 Å². The molecule has 6 nitrogen and oxygen atoms in total. The number of likely N-dealkylation sites (tertiary alicyclic amines) is 1. The molecule has 1 amide bonds. The fraction of sp³-hybridized carbons (Fsp3) is 0.667. The fourth-order valence-corrected chi connectivity index (χ4v) is 4.05. The zero-order chi connectivity index (χ0) is 16.4. The van der Waals surface area contributed by atoms with Crippen molar-refractivity contribution in [3.8, 4) is 0 Å². The minimum Gasteiger partial charge on any atom is -0.373 e. The van der Waals surface area contributed by atoms with Crippen LogP contribution < -0.4 is 0 Å². The first kappa shape index (κ1) is 16.0. The molecule has 24 heavy (non-hydrogen) atoms. The van der Waals surface area contributed by atoms with Crippen LogP contribution in [0.4, 0.5) is 0 Å². The number of carbonyl (C=O) groups excluding carboxylic acids is 1. The van der Waals surface area contributed by atoms with Gasteiger partial charge in [0, 0.05) is 44.5 Å². The summed E-state index contributed by atoms with van der Waals surface area (Å²) in [6, 6.07) is 4.09. The van der Waals surface area contributed by atoms with E-state index in [4.69, 9.17) is 9.57 Å². The second-order valence-corrected chi connectivity index (χ2v) is 7.09. The van der Waals surface area contributed by atoms with Gasteiger partial charge in [-0.15, -0.1) is 0 Å². The van der Waals surface area contributed by atoms with Crippen molar-refractivity contribution in [2.24, 2.45) is 5.92 Å². The Labute approximate surface area is 142 Å². The maximum Gasteiger partial charge on any atom is 0.248 e. The molecule has 0 unspecified atom stereocenters. The quantitative estimate of drug-likeness (QED) is 0.839. The van der Waals surface area contributed by atoms with Gasteiger partial charge in [0.25, 0.3) is 0 Å². The van der Waals surface area contributed by atoms with Gasteiger partial charge >= 0.3 is 0 Å². The third-order valence-corrected chi connectivity index (χ3v) is 5.20. The lowest BCUT2D eigenvalue weighted by molar-refractivity contribution is -0.199. The molecule has 4 heterocycles. The molecule has 0 radical (unpaired) electrons. The zero-order valence-corrected chi connectivity index (χ0v) is 14.0. The van der Waals surface area contributed by atoms with E-state index in [-0.39, 0.29) is 18.1 Å². The highest BCUT2D eigenvalue weighted by Gasteiger charge is 2.42. The van der Waals surface area contributed by atoms with Crippen molar-refractivity contribution < 1.29 is 14.4 Å². The molecular weight excluding hydrogens is 306 g/mol. The van der Waals surface area contributed by atoms with E-state index in [1.54, 1.807) is 6.20 Å². The van der Waals surface area contributed by atoms with Crippen molar-refractivity contribution in [2.75, 3.05) is 26.2 Å². The zero-order valence-electron chi connectivity index (χ0n) is 14.0. The van der Waals surface area contributed by atoms with Crippen LogP contribution in [0.5, 0.6) is 0 Å². The molecule has 0 spiro atoms. The molecule has 4 rings (SSSR count). The largest absolute Gasteiger partial charge is 0.373 e. The highest BCUT2D eigenvalue weighted by Crippen LogP contribution is 2.35. The minimum atomic E-state index is 0.0542. The number of rotatable bonds is 4. The van der Waals surface area contributed by atoms with Crippen LogP contribution in [-0.4, -0.2) is 59.3 Å². The smallest absolute Gasteiger partial charge is 0.248 e. The molecule has 3 saturated heterocycles. The van der Waals surface area contributed by atoms with Gasteiger partial charge < -0.3 is 4.74 Å². The van der Waals surface area contributed by atoms with Gasteiger partial charge in [0.1, 0.15) is 0 Å². The number of amides is 1. The van der Waals surface area contributed by atoms with E-state index in [0.29, 0.717) is 18.9 Å². The molecule has 3 atom stereocenters. The Morgan fingerprint density at radius 2 is 2.29 bits per heavy atom. The van der Waals surface area contributed by atoms with Gasteiger partial charge in [-0.25, -0.2) is 5.06 Å². The Morgan fingerprint density at radius 3 is 3.04 bits per heavy atom. The first-order valence-electron chi connectivity index (χ1n) is 8.98. The van der Waals surface area contributed by atoms with E-state index >= 15 is 0 Å². The molecule has 0 N–H and O–H groups in total. The van der Waals surface area contributed by atoms with Crippen molar-refractivity contribution >= 4 is 5.91 Å². The van der Waals surface area contributed by atoms with E-state index < -0.39 is 0 Å². The molecule has 0 saturated carbocycles. The number of fused-ring (bicyclic) bond motifs is 1. The number of hydrogen-bond acceptors (Lipinski definition) is 5. The van der Waals surface area contributed by atoms with Crippen molar-refractivity contribution in [3.05, 3.63) is 30.1 Å². The maximum absolute atomic E-state index is 12.3. The first-order chi connectivity index (χ1) is 11.8. The average molecular weight is 331 g/mol. The number of pyridine rings is 1. The summed E-state index contributed by atoms with van der Waals surface area (Å²) in [5, 5.41) is 1.54. The minimum absolute atomic E-state index is 0.0542. The Bertz CT molecular complexity index is 548. The van der Waals surface area contributed by atoms with Gasteiger partial charge in [-0.3, -0.25) is 19.5 Å².